The second-order valence-electron chi connectivity index (χ2n) is 4.36. The maximum atomic E-state index is 12.1. The maximum absolute atomic E-state index is 12.1. The molecule has 1 aliphatic rings. The lowest BCUT2D eigenvalue weighted by Crippen LogP contribution is -2.35. The number of hydrogen-bond donors (Lipinski definition) is 1. The molecule has 1 unspecified atom stereocenters. The Balaban J connectivity index is 2.13. The lowest BCUT2D eigenvalue weighted by Gasteiger charge is -2.18. The molecule has 0 amide bonds. The third-order valence-corrected chi connectivity index (χ3v) is 2.71. The fourth-order valence-corrected chi connectivity index (χ4v) is 1.58. The highest BCUT2D eigenvalue weighted by molar-refractivity contribution is 5.07. The Hall–Kier alpha value is -1.11. The van der Waals surface area contributed by atoms with Crippen LogP contribution < -0.4 is 5.73 Å². The molecule has 0 aliphatic heterocycles. The zero-order valence-electron chi connectivity index (χ0n) is 8.71. The molecule has 0 bridgehead atoms. The smallest absolute Gasteiger partial charge is 0.337 e. The number of halogens is 3. The molecule has 90 valence electrons. The van der Waals surface area contributed by atoms with Crippen LogP contribution in [0.25, 0.3) is 0 Å². The van der Waals surface area contributed by atoms with E-state index in [9.17, 15) is 13.2 Å². The molecule has 7 heteroatoms. The van der Waals surface area contributed by atoms with Gasteiger partial charge < -0.3 is 10.3 Å². The van der Waals surface area contributed by atoms with Crippen LogP contribution in [0.5, 0.6) is 0 Å². The van der Waals surface area contributed by atoms with Crippen molar-refractivity contribution in [2.45, 2.75) is 37.9 Å². The SMILES string of the molecule is CC(N)(c1nc(CC(F)(F)F)no1)C1CC1. The van der Waals surface area contributed by atoms with E-state index in [0.717, 1.165) is 12.8 Å². The van der Waals surface area contributed by atoms with Crippen LogP contribution in [0.15, 0.2) is 4.52 Å². The first-order valence-electron chi connectivity index (χ1n) is 4.98. The van der Waals surface area contributed by atoms with Crippen LogP contribution in [0.4, 0.5) is 13.2 Å². The summed E-state index contributed by atoms with van der Waals surface area (Å²) < 4.78 is 41.0. The minimum Gasteiger partial charge on any atom is -0.337 e. The monoisotopic (exact) mass is 235 g/mol. The Morgan fingerprint density at radius 2 is 2.06 bits per heavy atom. The fraction of sp³-hybridized carbons (Fsp3) is 0.778. The van der Waals surface area contributed by atoms with Crippen LogP contribution in [0.1, 0.15) is 31.5 Å². The Bertz CT molecular complexity index is 382. The average Bonchev–Trinajstić information content (AvgIpc) is 2.86. The number of nitrogens with zero attached hydrogens (tertiary/aromatic N) is 2. The molecule has 4 nitrogen and oxygen atoms in total. The van der Waals surface area contributed by atoms with Crippen LogP contribution in [-0.4, -0.2) is 16.3 Å². The average molecular weight is 235 g/mol. The molecular weight excluding hydrogens is 223 g/mol. The molecule has 0 aromatic carbocycles. The summed E-state index contributed by atoms with van der Waals surface area (Å²) >= 11 is 0. The topological polar surface area (TPSA) is 64.9 Å². The summed E-state index contributed by atoms with van der Waals surface area (Å²) in [4.78, 5) is 3.71. The fourth-order valence-electron chi connectivity index (χ4n) is 1.58. The Morgan fingerprint density at radius 1 is 1.44 bits per heavy atom. The van der Waals surface area contributed by atoms with Gasteiger partial charge >= 0.3 is 6.18 Å². The van der Waals surface area contributed by atoms with Gasteiger partial charge in [-0.05, 0) is 25.7 Å². The van der Waals surface area contributed by atoms with Gasteiger partial charge in [0.2, 0.25) is 5.89 Å². The van der Waals surface area contributed by atoms with Gasteiger partial charge in [-0.1, -0.05) is 5.16 Å². The minimum atomic E-state index is -4.33. The molecule has 1 aliphatic carbocycles. The van der Waals surface area contributed by atoms with Crippen LogP contribution in [-0.2, 0) is 12.0 Å². The number of rotatable bonds is 3. The summed E-state index contributed by atoms with van der Waals surface area (Å²) in [6.07, 6.45) is -3.61. The molecule has 0 radical (unpaired) electrons. The van der Waals surface area contributed by atoms with E-state index < -0.39 is 18.1 Å². The van der Waals surface area contributed by atoms with Crippen molar-refractivity contribution >= 4 is 0 Å². The van der Waals surface area contributed by atoms with Gasteiger partial charge in [-0.3, -0.25) is 0 Å². The zero-order chi connectivity index (χ0) is 12.0. The number of nitrogens with two attached hydrogens (primary N) is 1. The number of alkyl halides is 3. The molecule has 16 heavy (non-hydrogen) atoms. The molecule has 2 rings (SSSR count). The third-order valence-electron chi connectivity index (χ3n) is 2.71. The Labute approximate surface area is 90.0 Å². The van der Waals surface area contributed by atoms with E-state index in [1.54, 1.807) is 6.92 Å². The van der Waals surface area contributed by atoms with Gasteiger partial charge in [-0.25, -0.2) is 0 Å². The molecule has 2 N–H and O–H groups in total. The summed E-state index contributed by atoms with van der Waals surface area (Å²) in [6.45, 7) is 1.70. The zero-order valence-corrected chi connectivity index (χ0v) is 8.71. The molecule has 1 heterocycles. The first-order chi connectivity index (χ1) is 7.29. The number of hydrogen-bond acceptors (Lipinski definition) is 4. The quantitative estimate of drug-likeness (QED) is 0.866. The third kappa shape index (κ3) is 2.34. The van der Waals surface area contributed by atoms with Crippen molar-refractivity contribution in [3.05, 3.63) is 11.7 Å². The van der Waals surface area contributed by atoms with Crippen molar-refractivity contribution in [2.24, 2.45) is 11.7 Å². The van der Waals surface area contributed by atoms with Gasteiger partial charge in [0.05, 0.1) is 5.54 Å². The van der Waals surface area contributed by atoms with Gasteiger partial charge in [0.15, 0.2) is 5.82 Å². The lowest BCUT2D eigenvalue weighted by atomic mass is 9.97. The summed E-state index contributed by atoms with van der Waals surface area (Å²) in [5.41, 5.74) is 5.13. The molecular formula is C9H12F3N3O. The summed E-state index contributed by atoms with van der Waals surface area (Å²) in [6, 6.07) is 0. The van der Waals surface area contributed by atoms with E-state index in [4.69, 9.17) is 10.3 Å². The molecule has 1 aromatic heterocycles. The van der Waals surface area contributed by atoms with Crippen LogP contribution in [0.2, 0.25) is 0 Å². The van der Waals surface area contributed by atoms with Crippen LogP contribution in [0.3, 0.4) is 0 Å². The van der Waals surface area contributed by atoms with E-state index in [2.05, 4.69) is 10.1 Å². The van der Waals surface area contributed by atoms with Gasteiger partial charge in [0.1, 0.15) is 6.42 Å². The van der Waals surface area contributed by atoms with Crippen molar-refractivity contribution in [3.8, 4) is 0 Å². The summed E-state index contributed by atoms with van der Waals surface area (Å²) in [5, 5.41) is 3.29. The van der Waals surface area contributed by atoms with Crippen molar-refractivity contribution in [2.75, 3.05) is 0 Å². The predicted molar refractivity (Wildman–Crippen MR) is 48.3 cm³/mol. The van der Waals surface area contributed by atoms with Crippen molar-refractivity contribution in [1.29, 1.82) is 0 Å². The van der Waals surface area contributed by atoms with E-state index in [1.807, 2.05) is 0 Å². The second kappa shape index (κ2) is 3.44. The van der Waals surface area contributed by atoms with Gasteiger partial charge in [-0.2, -0.15) is 18.2 Å². The summed E-state index contributed by atoms with van der Waals surface area (Å²) in [7, 11) is 0. The van der Waals surface area contributed by atoms with Crippen molar-refractivity contribution in [1.82, 2.24) is 10.1 Å². The van der Waals surface area contributed by atoms with E-state index in [-0.39, 0.29) is 17.6 Å². The highest BCUT2D eigenvalue weighted by Crippen LogP contribution is 2.43. The van der Waals surface area contributed by atoms with Gasteiger partial charge in [0.25, 0.3) is 0 Å². The predicted octanol–water partition coefficient (Wildman–Crippen LogP) is 1.76. The molecule has 0 spiro atoms. The second-order valence-corrected chi connectivity index (χ2v) is 4.36. The highest BCUT2D eigenvalue weighted by atomic mass is 19.4. The van der Waals surface area contributed by atoms with E-state index >= 15 is 0 Å². The molecule has 1 fully saturated rings. The number of aromatic nitrogens is 2. The van der Waals surface area contributed by atoms with Crippen LogP contribution >= 0.6 is 0 Å². The maximum Gasteiger partial charge on any atom is 0.396 e. The minimum absolute atomic E-state index is 0.0919. The van der Waals surface area contributed by atoms with E-state index in [0.29, 0.717) is 0 Å². The van der Waals surface area contributed by atoms with Crippen molar-refractivity contribution < 1.29 is 17.7 Å². The van der Waals surface area contributed by atoms with E-state index in [1.165, 1.54) is 0 Å². The normalized spacial score (nSPS) is 20.8. The molecule has 1 aromatic rings. The molecule has 1 atom stereocenters. The standard InChI is InChI=1S/C9H12F3N3O/c1-8(13,5-2-3-5)7-14-6(15-16-7)4-9(10,11)12/h5H,2-4,13H2,1H3. The first-order valence-corrected chi connectivity index (χ1v) is 4.98. The first kappa shape index (κ1) is 11.4. The lowest BCUT2D eigenvalue weighted by molar-refractivity contribution is -0.128. The van der Waals surface area contributed by atoms with Crippen molar-refractivity contribution in [3.63, 3.8) is 0 Å². The Kier molecular flexibility index (Phi) is 2.45. The van der Waals surface area contributed by atoms with Gasteiger partial charge in [0, 0.05) is 0 Å². The van der Waals surface area contributed by atoms with Gasteiger partial charge in [-0.15, -0.1) is 0 Å². The van der Waals surface area contributed by atoms with Crippen LogP contribution in [0, 0.1) is 5.92 Å². The molecule has 1 saturated carbocycles. The highest BCUT2D eigenvalue weighted by Gasteiger charge is 2.44. The summed E-state index contributed by atoms with van der Waals surface area (Å²) in [5.74, 6) is -0.0410. The molecule has 0 saturated heterocycles. The Morgan fingerprint density at radius 3 is 2.56 bits per heavy atom. The largest absolute Gasteiger partial charge is 0.396 e.